The molecule has 0 aliphatic carbocycles. The maximum Gasteiger partial charge on any atom is 0.290 e. The molecule has 3 aromatic heterocycles. The molecule has 6 heteroatoms. The van der Waals surface area contributed by atoms with Crippen LogP contribution in [0.15, 0.2) is 73.1 Å². The second-order valence-corrected chi connectivity index (χ2v) is 5.91. The number of aromatic nitrogens is 4. The predicted molar refractivity (Wildman–Crippen MR) is 98.1 cm³/mol. The average molecular weight is 343 g/mol. The molecule has 1 N–H and O–H groups in total. The molecule has 4 aromatic rings. The largest absolute Gasteiger partial charge is 0.334 e. The number of amides is 1. The molecule has 0 fully saturated rings. The van der Waals surface area contributed by atoms with Gasteiger partial charge in [0, 0.05) is 12.4 Å². The van der Waals surface area contributed by atoms with E-state index in [4.69, 9.17) is 0 Å². The van der Waals surface area contributed by atoms with Gasteiger partial charge in [-0.1, -0.05) is 24.3 Å². The van der Waals surface area contributed by atoms with Gasteiger partial charge in [-0.15, -0.1) is 0 Å². The Labute approximate surface area is 150 Å². The summed E-state index contributed by atoms with van der Waals surface area (Å²) in [5.74, 6) is 0.135. The Morgan fingerprint density at radius 3 is 2.04 bits per heavy atom. The summed E-state index contributed by atoms with van der Waals surface area (Å²) < 4.78 is 0. The Balaban J connectivity index is 1.65. The van der Waals surface area contributed by atoms with Crippen LogP contribution in [0.3, 0.4) is 0 Å². The van der Waals surface area contributed by atoms with E-state index in [2.05, 4.69) is 19.9 Å². The van der Waals surface area contributed by atoms with Crippen LogP contribution < -0.4 is 0 Å². The lowest BCUT2D eigenvalue weighted by molar-refractivity contribution is 0.0714. The number of hydrogen-bond donors (Lipinski definition) is 1. The fourth-order valence-corrected chi connectivity index (χ4v) is 2.78. The van der Waals surface area contributed by atoms with Gasteiger partial charge >= 0.3 is 0 Å². The van der Waals surface area contributed by atoms with Gasteiger partial charge < -0.3 is 9.88 Å². The van der Waals surface area contributed by atoms with E-state index in [1.807, 2.05) is 60.7 Å². The quantitative estimate of drug-likeness (QED) is 0.604. The Morgan fingerprint density at radius 1 is 0.846 bits per heavy atom. The molecular weight excluding hydrogens is 326 g/mol. The summed E-state index contributed by atoms with van der Waals surface area (Å²) in [6.45, 7) is 0.764. The molecule has 3 heterocycles. The monoisotopic (exact) mass is 343 g/mol. The molecule has 0 bridgehead atoms. The minimum absolute atomic E-state index is 0.183. The van der Waals surface area contributed by atoms with Crippen molar-refractivity contribution in [3.8, 4) is 0 Å². The second kappa shape index (κ2) is 7.14. The summed E-state index contributed by atoms with van der Waals surface area (Å²) >= 11 is 0. The van der Waals surface area contributed by atoms with Gasteiger partial charge in [-0.05, 0) is 36.4 Å². The van der Waals surface area contributed by atoms with Crippen LogP contribution in [0.5, 0.6) is 0 Å². The van der Waals surface area contributed by atoms with Crippen LogP contribution in [-0.2, 0) is 13.1 Å². The standard InChI is InChI=1S/C20H17N5O/c26-20(19-23-17-9-1-2-10-18(17)24-19)25(13-15-7-3-5-11-21-15)14-16-8-4-6-12-22-16/h1-12H,13-14H2,(H,23,24). The highest BCUT2D eigenvalue weighted by molar-refractivity contribution is 5.94. The van der Waals surface area contributed by atoms with Gasteiger partial charge in [-0.25, -0.2) is 4.98 Å². The molecule has 128 valence electrons. The fraction of sp³-hybridized carbons (Fsp3) is 0.100. The lowest BCUT2D eigenvalue weighted by Gasteiger charge is -2.21. The lowest BCUT2D eigenvalue weighted by atomic mass is 10.2. The molecule has 0 radical (unpaired) electrons. The number of H-pyrrole nitrogens is 1. The van der Waals surface area contributed by atoms with Gasteiger partial charge in [0.25, 0.3) is 5.91 Å². The first kappa shape index (κ1) is 16.0. The summed E-state index contributed by atoms with van der Waals surface area (Å²) in [6.07, 6.45) is 3.44. The number of imidazole rings is 1. The summed E-state index contributed by atoms with van der Waals surface area (Å²) in [5, 5.41) is 0. The molecule has 26 heavy (non-hydrogen) atoms. The number of benzene rings is 1. The number of carbonyl (C=O) groups excluding carboxylic acids is 1. The van der Waals surface area contributed by atoms with E-state index in [-0.39, 0.29) is 5.91 Å². The van der Waals surface area contributed by atoms with E-state index in [1.54, 1.807) is 17.3 Å². The smallest absolute Gasteiger partial charge is 0.290 e. The minimum Gasteiger partial charge on any atom is -0.334 e. The van der Waals surface area contributed by atoms with Crippen molar-refractivity contribution in [1.29, 1.82) is 0 Å². The molecule has 0 atom stereocenters. The number of pyridine rings is 2. The van der Waals surface area contributed by atoms with E-state index in [0.717, 1.165) is 22.4 Å². The number of nitrogens with zero attached hydrogens (tertiary/aromatic N) is 4. The van der Waals surface area contributed by atoms with Crippen LogP contribution in [0.4, 0.5) is 0 Å². The lowest BCUT2D eigenvalue weighted by Crippen LogP contribution is -2.31. The summed E-state index contributed by atoms with van der Waals surface area (Å²) in [5.41, 5.74) is 3.23. The Hall–Kier alpha value is -3.54. The fourth-order valence-electron chi connectivity index (χ4n) is 2.78. The summed E-state index contributed by atoms with van der Waals surface area (Å²) in [6, 6.07) is 18.9. The van der Waals surface area contributed by atoms with Crippen LogP contribution in [0.25, 0.3) is 11.0 Å². The van der Waals surface area contributed by atoms with Crippen molar-refractivity contribution < 1.29 is 4.79 Å². The van der Waals surface area contributed by atoms with Crippen molar-refractivity contribution in [1.82, 2.24) is 24.8 Å². The minimum atomic E-state index is -0.183. The van der Waals surface area contributed by atoms with Crippen LogP contribution >= 0.6 is 0 Å². The maximum absolute atomic E-state index is 13.1. The maximum atomic E-state index is 13.1. The average Bonchev–Trinajstić information content (AvgIpc) is 3.13. The Bertz CT molecular complexity index is 940. The predicted octanol–water partition coefficient (Wildman–Crippen LogP) is 3.20. The Morgan fingerprint density at radius 2 is 1.46 bits per heavy atom. The van der Waals surface area contributed by atoms with E-state index in [9.17, 15) is 4.79 Å². The van der Waals surface area contributed by atoms with Crippen LogP contribution in [0.2, 0.25) is 0 Å². The van der Waals surface area contributed by atoms with Crippen LogP contribution in [0, 0.1) is 0 Å². The number of para-hydroxylation sites is 2. The van der Waals surface area contributed by atoms with Crippen LogP contribution in [-0.4, -0.2) is 30.7 Å². The molecule has 0 unspecified atom stereocenters. The van der Waals surface area contributed by atoms with Gasteiger partial charge in [0.15, 0.2) is 5.82 Å². The third kappa shape index (κ3) is 3.44. The van der Waals surface area contributed by atoms with Gasteiger partial charge in [0.05, 0.1) is 35.5 Å². The zero-order chi connectivity index (χ0) is 17.8. The molecular formula is C20H17N5O. The van der Waals surface area contributed by atoms with Crippen molar-refractivity contribution in [3.63, 3.8) is 0 Å². The van der Waals surface area contributed by atoms with Crippen molar-refractivity contribution in [2.45, 2.75) is 13.1 Å². The van der Waals surface area contributed by atoms with Gasteiger partial charge in [0.1, 0.15) is 0 Å². The van der Waals surface area contributed by atoms with Gasteiger partial charge in [-0.2, -0.15) is 0 Å². The van der Waals surface area contributed by atoms with E-state index in [1.165, 1.54) is 0 Å². The molecule has 0 spiro atoms. The number of rotatable bonds is 5. The van der Waals surface area contributed by atoms with Gasteiger partial charge in [-0.3, -0.25) is 14.8 Å². The molecule has 0 saturated carbocycles. The number of fused-ring (bicyclic) bond motifs is 1. The normalized spacial score (nSPS) is 10.8. The first-order chi connectivity index (χ1) is 12.8. The van der Waals surface area contributed by atoms with Crippen molar-refractivity contribution in [3.05, 3.63) is 90.3 Å². The SMILES string of the molecule is O=C(c1nc2ccccc2[nH]1)N(Cc1ccccn1)Cc1ccccn1. The third-order valence-electron chi connectivity index (χ3n) is 4.04. The third-order valence-corrected chi connectivity index (χ3v) is 4.04. The molecule has 6 nitrogen and oxygen atoms in total. The van der Waals surface area contributed by atoms with E-state index in [0.29, 0.717) is 18.9 Å². The molecule has 0 aliphatic heterocycles. The molecule has 1 amide bonds. The molecule has 1 aromatic carbocycles. The van der Waals surface area contributed by atoms with E-state index < -0.39 is 0 Å². The van der Waals surface area contributed by atoms with Crippen molar-refractivity contribution in [2.75, 3.05) is 0 Å². The molecule has 0 aliphatic rings. The molecule has 4 rings (SSSR count). The number of hydrogen-bond acceptors (Lipinski definition) is 4. The van der Waals surface area contributed by atoms with Crippen molar-refractivity contribution >= 4 is 16.9 Å². The van der Waals surface area contributed by atoms with Crippen LogP contribution in [0.1, 0.15) is 22.0 Å². The highest BCUT2D eigenvalue weighted by atomic mass is 16.2. The number of aromatic amines is 1. The zero-order valence-corrected chi connectivity index (χ0v) is 14.0. The highest BCUT2D eigenvalue weighted by Gasteiger charge is 2.21. The second-order valence-electron chi connectivity index (χ2n) is 5.91. The first-order valence-electron chi connectivity index (χ1n) is 8.33. The zero-order valence-electron chi connectivity index (χ0n) is 14.0. The number of carbonyl (C=O) groups is 1. The topological polar surface area (TPSA) is 74.8 Å². The van der Waals surface area contributed by atoms with Gasteiger partial charge in [0.2, 0.25) is 0 Å². The summed E-state index contributed by atoms with van der Waals surface area (Å²) in [4.78, 5) is 31.0. The van der Waals surface area contributed by atoms with E-state index >= 15 is 0 Å². The summed E-state index contributed by atoms with van der Waals surface area (Å²) in [7, 11) is 0. The van der Waals surface area contributed by atoms with Crippen molar-refractivity contribution in [2.24, 2.45) is 0 Å². The Kier molecular flexibility index (Phi) is 4.38. The number of nitrogens with one attached hydrogen (secondary N) is 1. The molecule has 0 saturated heterocycles. The highest BCUT2D eigenvalue weighted by Crippen LogP contribution is 2.15. The first-order valence-corrected chi connectivity index (χ1v) is 8.33.